The molecule has 0 atom stereocenters. The maximum Gasteiger partial charge on any atom is 0.269 e. The first-order chi connectivity index (χ1) is 30.4. The van der Waals surface area contributed by atoms with Gasteiger partial charge in [0, 0.05) is 16.3 Å². The van der Waals surface area contributed by atoms with Gasteiger partial charge in [-0.3, -0.25) is 13.7 Å². The summed E-state index contributed by atoms with van der Waals surface area (Å²) in [6.07, 6.45) is 3.94. The average molecular weight is 795 g/mol. The van der Waals surface area contributed by atoms with Gasteiger partial charge in [-0.05, 0) is 91.9 Å². The van der Waals surface area contributed by atoms with Crippen molar-refractivity contribution in [2.75, 3.05) is 0 Å². The fraction of sp³-hybridized carbons (Fsp3) is 0.0690. The van der Waals surface area contributed by atoms with Crippen LogP contribution in [0.3, 0.4) is 0 Å². The molecular weight excluding hydrogens is 753 g/mol. The fourth-order valence-corrected chi connectivity index (χ4v) is 9.74. The molecule has 0 fully saturated rings. The van der Waals surface area contributed by atoms with Crippen molar-refractivity contribution in [2.24, 2.45) is 0 Å². The van der Waals surface area contributed by atoms with Crippen LogP contribution in [0.1, 0.15) is 26.3 Å². The minimum atomic E-state index is -0.139. The van der Waals surface area contributed by atoms with Gasteiger partial charge >= 0.3 is 0 Å². The molecule has 12 rings (SSSR count). The predicted octanol–water partition coefficient (Wildman–Crippen LogP) is 14.1. The first-order valence-electron chi connectivity index (χ1n) is 21.4. The highest BCUT2D eigenvalue weighted by Crippen LogP contribution is 2.46. The Labute approximate surface area is 361 Å². The standard InChI is InChI=1S/C58H42N4/c1-58(2,3)38-35-51(59-55(36-38)62-52-32-15-13-27-46(52)47-28-14-16-33-53(47)62)45-26-12-11-25-44(45)49-30-17-29-48-42-23-9-7-21-40(42)41-22-8-10-24-43(41)50-31-18-34-54-57(50)61(56(48)49)37-60(54)39-19-5-4-6-20-39/h4-36H,1-3H3. The number of hydrogen-bond acceptors (Lipinski definition) is 1. The van der Waals surface area contributed by atoms with Crippen molar-refractivity contribution < 1.29 is 4.57 Å². The zero-order valence-corrected chi connectivity index (χ0v) is 34.8. The number of pyridine rings is 1. The highest BCUT2D eigenvalue weighted by Gasteiger charge is 2.28. The molecule has 0 saturated heterocycles. The van der Waals surface area contributed by atoms with Gasteiger partial charge in [-0.2, -0.15) is 0 Å². The Morgan fingerprint density at radius 3 is 1.50 bits per heavy atom. The van der Waals surface area contributed by atoms with Gasteiger partial charge in [-0.1, -0.05) is 185 Å². The summed E-state index contributed by atoms with van der Waals surface area (Å²) in [7, 11) is 0. The third-order valence-corrected chi connectivity index (χ3v) is 12.7. The molecule has 0 spiro atoms. The molecule has 8 aromatic carbocycles. The zero-order valence-electron chi connectivity index (χ0n) is 34.8. The van der Waals surface area contributed by atoms with Crippen molar-refractivity contribution >= 4 is 32.8 Å². The third kappa shape index (κ3) is 5.53. The number of rotatable bonds is 4. The van der Waals surface area contributed by atoms with E-state index in [1.165, 1.54) is 38.6 Å². The van der Waals surface area contributed by atoms with Crippen LogP contribution in [0.4, 0.5) is 0 Å². The van der Waals surface area contributed by atoms with Crippen molar-refractivity contribution in [2.45, 2.75) is 26.2 Å². The third-order valence-electron chi connectivity index (χ3n) is 12.7. The molecular formula is C58H42N4. The fourth-order valence-electron chi connectivity index (χ4n) is 9.74. The van der Waals surface area contributed by atoms with Crippen LogP contribution in [0.5, 0.6) is 0 Å². The molecule has 0 saturated carbocycles. The predicted molar refractivity (Wildman–Crippen MR) is 255 cm³/mol. The molecule has 4 heteroatoms. The molecule has 0 bridgehead atoms. The normalized spacial score (nSPS) is 12.1. The molecule has 4 nitrogen and oxygen atoms in total. The van der Waals surface area contributed by atoms with Crippen LogP contribution in [0.25, 0.3) is 106 Å². The first-order valence-corrected chi connectivity index (χ1v) is 21.4. The summed E-state index contributed by atoms with van der Waals surface area (Å²) in [4.78, 5) is 5.63. The molecule has 294 valence electrons. The van der Waals surface area contributed by atoms with Crippen LogP contribution in [0.2, 0.25) is 0 Å². The Morgan fingerprint density at radius 2 is 0.887 bits per heavy atom. The Morgan fingerprint density at radius 1 is 0.435 bits per heavy atom. The minimum absolute atomic E-state index is 0.139. The largest absolute Gasteiger partial charge is 0.294 e. The maximum atomic E-state index is 5.63. The molecule has 0 N–H and O–H groups in total. The molecule has 0 aliphatic carbocycles. The van der Waals surface area contributed by atoms with E-state index in [1.54, 1.807) is 0 Å². The quantitative estimate of drug-likeness (QED) is 0.129. The number of para-hydroxylation sites is 5. The monoisotopic (exact) mass is 794 g/mol. The van der Waals surface area contributed by atoms with Gasteiger partial charge in [0.15, 0.2) is 0 Å². The molecule has 0 radical (unpaired) electrons. The van der Waals surface area contributed by atoms with Crippen molar-refractivity contribution in [1.82, 2.24) is 14.1 Å². The molecule has 62 heavy (non-hydrogen) atoms. The van der Waals surface area contributed by atoms with E-state index in [4.69, 9.17) is 4.98 Å². The lowest BCUT2D eigenvalue weighted by Crippen LogP contribution is -2.32. The van der Waals surface area contributed by atoms with Gasteiger partial charge in [-0.25, -0.2) is 4.98 Å². The molecule has 4 heterocycles. The molecule has 0 unspecified atom stereocenters. The summed E-state index contributed by atoms with van der Waals surface area (Å²) in [5.41, 5.74) is 18.9. The highest BCUT2D eigenvalue weighted by molar-refractivity contribution is 6.09. The number of imidazole rings is 1. The molecule has 11 aromatic rings. The molecule has 3 aromatic heterocycles. The minimum Gasteiger partial charge on any atom is -0.294 e. The Kier molecular flexibility index (Phi) is 8.07. The SMILES string of the molecule is CC(C)(C)c1cc(-c2ccccc2-c2cccc3c2-[n+]2[c-]n(-c4ccccc4)c4cccc(c42)-c2ccccc2-c2ccccc2-3)nc(-n2c3ccccc3c3ccccc32)c1. The number of benzene rings is 8. The van der Waals surface area contributed by atoms with Crippen molar-refractivity contribution in [1.29, 1.82) is 0 Å². The second kappa shape index (κ2) is 13.9. The van der Waals surface area contributed by atoms with Crippen molar-refractivity contribution in [3.8, 4) is 73.0 Å². The lowest BCUT2D eigenvalue weighted by atomic mass is 9.85. The molecule has 0 amide bonds. The van der Waals surface area contributed by atoms with Crippen LogP contribution < -0.4 is 4.57 Å². The van der Waals surface area contributed by atoms with E-state index in [0.29, 0.717) is 0 Å². The first kappa shape index (κ1) is 36.1. The van der Waals surface area contributed by atoms with Gasteiger partial charge in [0.05, 0.1) is 39.1 Å². The second-order valence-corrected chi connectivity index (χ2v) is 17.3. The molecule has 1 aliphatic rings. The van der Waals surface area contributed by atoms with Gasteiger partial charge in [0.1, 0.15) is 5.82 Å². The summed E-state index contributed by atoms with van der Waals surface area (Å²) in [5.74, 6) is 0.907. The Balaban J connectivity index is 1.18. The highest BCUT2D eigenvalue weighted by atomic mass is 15.1. The van der Waals surface area contributed by atoms with E-state index >= 15 is 0 Å². The Hall–Kier alpha value is -7.82. The van der Waals surface area contributed by atoms with Crippen LogP contribution >= 0.6 is 0 Å². The van der Waals surface area contributed by atoms with Crippen molar-refractivity contribution in [3.05, 3.63) is 212 Å². The second-order valence-electron chi connectivity index (χ2n) is 17.3. The van der Waals surface area contributed by atoms with Crippen LogP contribution in [-0.4, -0.2) is 14.1 Å². The van der Waals surface area contributed by atoms with E-state index in [2.05, 4.69) is 241 Å². The zero-order chi connectivity index (χ0) is 41.5. The number of aromatic nitrogens is 4. The van der Waals surface area contributed by atoms with Crippen LogP contribution in [0, 0.1) is 6.33 Å². The number of hydrogen-bond donors (Lipinski definition) is 0. The van der Waals surface area contributed by atoms with E-state index < -0.39 is 0 Å². The van der Waals surface area contributed by atoms with Gasteiger partial charge in [0.25, 0.3) is 6.33 Å². The van der Waals surface area contributed by atoms with Gasteiger partial charge < -0.3 is 0 Å². The number of fused-ring (bicyclic) bond motifs is 10. The van der Waals surface area contributed by atoms with Crippen molar-refractivity contribution in [3.63, 3.8) is 0 Å². The summed E-state index contributed by atoms with van der Waals surface area (Å²) >= 11 is 0. The van der Waals surface area contributed by atoms with E-state index in [9.17, 15) is 0 Å². The smallest absolute Gasteiger partial charge is 0.269 e. The maximum absolute atomic E-state index is 5.63. The van der Waals surface area contributed by atoms with E-state index in [0.717, 1.165) is 72.8 Å². The number of nitrogens with zero attached hydrogens (tertiary/aromatic N) is 4. The van der Waals surface area contributed by atoms with E-state index in [-0.39, 0.29) is 5.41 Å². The summed E-state index contributed by atoms with van der Waals surface area (Å²) in [6, 6.07) is 72.5. The summed E-state index contributed by atoms with van der Waals surface area (Å²) in [5, 5.41) is 2.44. The average Bonchev–Trinajstić information content (AvgIpc) is 3.88. The topological polar surface area (TPSA) is 26.6 Å². The Bertz CT molecular complexity index is 3510. The summed E-state index contributed by atoms with van der Waals surface area (Å²) in [6.45, 7) is 6.87. The molecule has 1 aliphatic heterocycles. The lowest BCUT2D eigenvalue weighted by molar-refractivity contribution is -0.570. The summed E-state index contributed by atoms with van der Waals surface area (Å²) < 4.78 is 6.89. The van der Waals surface area contributed by atoms with Crippen LogP contribution in [0.15, 0.2) is 200 Å². The lowest BCUT2D eigenvalue weighted by Gasteiger charge is -2.23. The van der Waals surface area contributed by atoms with E-state index in [1.807, 2.05) is 0 Å². The van der Waals surface area contributed by atoms with Gasteiger partial charge in [0.2, 0.25) is 0 Å². The van der Waals surface area contributed by atoms with Crippen LogP contribution in [-0.2, 0) is 5.41 Å². The van der Waals surface area contributed by atoms with Gasteiger partial charge in [-0.15, -0.1) is 0 Å².